The number of rotatable bonds is 5. The van der Waals surface area contributed by atoms with E-state index in [9.17, 15) is 0 Å². The van der Waals surface area contributed by atoms with Crippen LogP contribution in [-0.4, -0.2) is 13.1 Å². The number of nitrogens with zero attached hydrogens (tertiary/aromatic N) is 2. The molecule has 0 fully saturated rings. The van der Waals surface area contributed by atoms with Gasteiger partial charge in [0.15, 0.2) is 0 Å². The monoisotopic (exact) mass is 126 g/mol. The summed E-state index contributed by atoms with van der Waals surface area (Å²) in [4.78, 5) is 0. The van der Waals surface area contributed by atoms with E-state index in [2.05, 4.69) is 16.8 Å². The van der Waals surface area contributed by atoms with Crippen LogP contribution in [0.5, 0.6) is 0 Å². The Kier molecular flexibility index (Phi) is 6.80. The molecule has 9 heavy (non-hydrogen) atoms. The smallest absolute Gasteiger partial charge is 0.0601 e. The maximum absolute atomic E-state index is 3.90. The molecule has 2 nitrogen and oxygen atoms in total. The van der Waals surface area contributed by atoms with Gasteiger partial charge >= 0.3 is 0 Å². The van der Waals surface area contributed by atoms with Crippen molar-refractivity contribution < 1.29 is 0 Å². The first-order valence-electron chi connectivity index (χ1n) is 3.36. The number of hydrogen-bond acceptors (Lipinski definition) is 2. The van der Waals surface area contributed by atoms with Gasteiger partial charge in [-0.2, -0.15) is 10.2 Å². The lowest BCUT2D eigenvalue weighted by Gasteiger charge is -1.86. The van der Waals surface area contributed by atoms with Crippen molar-refractivity contribution in [2.24, 2.45) is 10.2 Å². The zero-order valence-electron chi connectivity index (χ0n) is 6.01. The van der Waals surface area contributed by atoms with E-state index < -0.39 is 0 Å². The van der Waals surface area contributed by atoms with E-state index in [1.807, 2.05) is 13.0 Å². The molecule has 2 heteroatoms. The first kappa shape index (κ1) is 8.34. The molecule has 0 saturated carbocycles. The number of hydrogen-bond donors (Lipinski definition) is 0. The van der Waals surface area contributed by atoms with Crippen LogP contribution in [0.4, 0.5) is 0 Å². The molecule has 0 aliphatic rings. The van der Waals surface area contributed by atoms with Crippen molar-refractivity contribution in [3.8, 4) is 0 Å². The van der Waals surface area contributed by atoms with Crippen LogP contribution in [0, 0.1) is 0 Å². The van der Waals surface area contributed by atoms with Crippen molar-refractivity contribution in [1.82, 2.24) is 0 Å². The molecule has 0 heterocycles. The predicted octanol–water partition coefficient (Wildman–Crippen LogP) is 2.42. The van der Waals surface area contributed by atoms with Crippen LogP contribution >= 0.6 is 0 Å². The Morgan fingerprint density at radius 3 is 2.78 bits per heavy atom. The minimum Gasteiger partial charge on any atom is -0.195 e. The van der Waals surface area contributed by atoms with E-state index in [0.29, 0.717) is 0 Å². The largest absolute Gasteiger partial charge is 0.195 e. The summed E-state index contributed by atoms with van der Waals surface area (Å²) in [5.41, 5.74) is 0. The Labute approximate surface area is 56.7 Å². The molecule has 0 radical (unpaired) electrons. The summed E-state index contributed by atoms with van der Waals surface area (Å²) < 4.78 is 0. The van der Waals surface area contributed by atoms with Crippen molar-refractivity contribution in [3.63, 3.8) is 0 Å². The van der Waals surface area contributed by atoms with Crippen molar-refractivity contribution in [3.05, 3.63) is 12.7 Å². The fourth-order valence-electron chi connectivity index (χ4n) is 0.477. The lowest BCUT2D eigenvalue weighted by molar-refractivity contribution is 0.791. The maximum Gasteiger partial charge on any atom is 0.0601 e. The fraction of sp³-hybridized carbons (Fsp3) is 0.714. The summed E-state index contributed by atoms with van der Waals surface area (Å²) in [6.45, 7) is 7.24. The van der Waals surface area contributed by atoms with Crippen LogP contribution in [-0.2, 0) is 0 Å². The predicted molar refractivity (Wildman–Crippen MR) is 39.7 cm³/mol. The van der Waals surface area contributed by atoms with Gasteiger partial charge in [-0.1, -0.05) is 6.08 Å². The molecule has 0 aliphatic heterocycles. The molecule has 52 valence electrons. The van der Waals surface area contributed by atoms with Gasteiger partial charge in [-0.3, -0.25) is 0 Å². The van der Waals surface area contributed by atoms with E-state index >= 15 is 0 Å². The van der Waals surface area contributed by atoms with E-state index in [0.717, 1.165) is 25.9 Å². The highest BCUT2D eigenvalue weighted by atomic mass is 15.1. The van der Waals surface area contributed by atoms with Crippen LogP contribution in [0.1, 0.15) is 19.8 Å². The average Bonchev–Trinajstić information content (AvgIpc) is 1.89. The van der Waals surface area contributed by atoms with E-state index in [1.165, 1.54) is 0 Å². The summed E-state index contributed by atoms with van der Waals surface area (Å²) >= 11 is 0. The van der Waals surface area contributed by atoms with Gasteiger partial charge < -0.3 is 0 Å². The lowest BCUT2D eigenvalue weighted by atomic mass is 10.3. The van der Waals surface area contributed by atoms with Crippen molar-refractivity contribution >= 4 is 0 Å². The molecule has 0 aromatic rings. The summed E-state index contributed by atoms with van der Waals surface area (Å²) in [5.74, 6) is 0. The molecule has 0 rings (SSSR count). The molecule has 0 amide bonds. The highest BCUT2D eigenvalue weighted by molar-refractivity contribution is 4.65. The molecule has 0 bridgehead atoms. The Bertz CT molecular complexity index is 86.9. The second kappa shape index (κ2) is 7.34. The highest BCUT2D eigenvalue weighted by Gasteiger charge is 1.78. The Hall–Kier alpha value is -0.660. The Morgan fingerprint density at radius 1 is 1.44 bits per heavy atom. The molecule has 0 N–H and O–H groups in total. The summed E-state index contributed by atoms with van der Waals surface area (Å²) in [7, 11) is 0. The van der Waals surface area contributed by atoms with Crippen LogP contribution in [0.25, 0.3) is 0 Å². The van der Waals surface area contributed by atoms with Crippen LogP contribution in [0.3, 0.4) is 0 Å². The molecule has 0 spiro atoms. The SMILES string of the molecule is C=CCCCN=NCC. The first-order chi connectivity index (χ1) is 4.41. The second-order valence-electron chi connectivity index (χ2n) is 1.75. The van der Waals surface area contributed by atoms with E-state index in [1.54, 1.807) is 0 Å². The lowest BCUT2D eigenvalue weighted by Crippen LogP contribution is -1.77. The molecule has 0 unspecified atom stereocenters. The Morgan fingerprint density at radius 2 is 2.22 bits per heavy atom. The van der Waals surface area contributed by atoms with Crippen LogP contribution < -0.4 is 0 Å². The molecule has 0 aliphatic carbocycles. The standard InChI is InChI=1S/C7H14N2/c1-3-5-6-7-9-8-4-2/h3H,1,4-7H2,2H3. The summed E-state index contributed by atoms with van der Waals surface area (Å²) in [6, 6.07) is 0. The van der Waals surface area contributed by atoms with Gasteiger partial charge in [0.2, 0.25) is 0 Å². The van der Waals surface area contributed by atoms with E-state index in [4.69, 9.17) is 0 Å². The zero-order valence-corrected chi connectivity index (χ0v) is 6.01. The molecular weight excluding hydrogens is 112 g/mol. The third kappa shape index (κ3) is 7.34. The first-order valence-corrected chi connectivity index (χ1v) is 3.36. The van der Waals surface area contributed by atoms with Gasteiger partial charge in [0.25, 0.3) is 0 Å². The normalized spacial score (nSPS) is 10.3. The fourth-order valence-corrected chi connectivity index (χ4v) is 0.477. The van der Waals surface area contributed by atoms with Crippen molar-refractivity contribution in [2.75, 3.05) is 13.1 Å². The van der Waals surface area contributed by atoms with Gasteiger partial charge in [0.05, 0.1) is 13.1 Å². The zero-order chi connectivity index (χ0) is 6.95. The van der Waals surface area contributed by atoms with Gasteiger partial charge in [-0.05, 0) is 19.8 Å². The summed E-state index contributed by atoms with van der Waals surface area (Å²) in [5, 5.41) is 7.74. The average molecular weight is 126 g/mol. The molecular formula is C7H14N2. The summed E-state index contributed by atoms with van der Waals surface area (Å²) in [6.07, 6.45) is 4.03. The minimum atomic E-state index is 0.800. The third-order valence-electron chi connectivity index (χ3n) is 0.908. The maximum atomic E-state index is 3.90. The second-order valence-corrected chi connectivity index (χ2v) is 1.75. The minimum absolute atomic E-state index is 0.800. The van der Waals surface area contributed by atoms with Crippen molar-refractivity contribution in [1.29, 1.82) is 0 Å². The molecule has 0 aromatic heterocycles. The van der Waals surface area contributed by atoms with E-state index in [-0.39, 0.29) is 0 Å². The third-order valence-corrected chi connectivity index (χ3v) is 0.908. The molecule has 0 aromatic carbocycles. The number of unbranched alkanes of at least 4 members (excludes halogenated alkanes) is 1. The van der Waals surface area contributed by atoms with Crippen LogP contribution in [0.15, 0.2) is 22.9 Å². The van der Waals surface area contributed by atoms with Gasteiger partial charge in [0, 0.05) is 0 Å². The molecule has 0 atom stereocenters. The number of allylic oxidation sites excluding steroid dienone is 1. The van der Waals surface area contributed by atoms with Crippen LogP contribution in [0.2, 0.25) is 0 Å². The highest BCUT2D eigenvalue weighted by Crippen LogP contribution is 1.89. The Balaban J connectivity index is 2.90. The van der Waals surface area contributed by atoms with Gasteiger partial charge in [0.1, 0.15) is 0 Å². The van der Waals surface area contributed by atoms with Gasteiger partial charge in [-0.25, -0.2) is 0 Å². The molecule has 0 saturated heterocycles. The quantitative estimate of drug-likeness (QED) is 0.307. The van der Waals surface area contributed by atoms with Gasteiger partial charge in [-0.15, -0.1) is 6.58 Å². The topological polar surface area (TPSA) is 24.7 Å². The van der Waals surface area contributed by atoms with Crippen molar-refractivity contribution in [2.45, 2.75) is 19.8 Å². The number of azo groups is 1.